The molecular formula is C9H9Cl2NO. The number of ether oxygens (including phenoxy) is 1. The normalized spacial score (nSPS) is 20.7. The quantitative estimate of drug-likeness (QED) is 0.726. The zero-order valence-corrected chi connectivity index (χ0v) is 8.40. The van der Waals surface area contributed by atoms with Crippen LogP contribution in [0.15, 0.2) is 12.1 Å². The molecule has 0 amide bonds. The molecule has 70 valence electrons. The van der Waals surface area contributed by atoms with Crippen molar-refractivity contribution in [1.29, 1.82) is 0 Å². The molecule has 0 bridgehead atoms. The van der Waals surface area contributed by atoms with Crippen LogP contribution in [0.3, 0.4) is 0 Å². The number of benzene rings is 1. The molecule has 0 saturated carbocycles. The molecule has 0 aromatic heterocycles. The maximum atomic E-state index is 6.00. The van der Waals surface area contributed by atoms with Gasteiger partial charge in [-0.25, -0.2) is 0 Å². The number of nitrogens with two attached hydrogens (primary N) is 1. The molecule has 1 atom stereocenters. The predicted molar refractivity (Wildman–Crippen MR) is 53.5 cm³/mol. The highest BCUT2D eigenvalue weighted by atomic mass is 35.5. The molecule has 2 rings (SSSR count). The predicted octanol–water partition coefficient (Wildman–Crippen LogP) is 2.78. The average molecular weight is 218 g/mol. The summed E-state index contributed by atoms with van der Waals surface area (Å²) in [4.78, 5) is 0. The number of hydrogen-bond donors (Lipinski definition) is 1. The van der Waals surface area contributed by atoms with Gasteiger partial charge in [-0.1, -0.05) is 23.2 Å². The topological polar surface area (TPSA) is 35.2 Å². The second-order valence-corrected chi connectivity index (χ2v) is 3.89. The Balaban J connectivity index is 2.56. The SMILES string of the molecule is N[C@H]1CCOc2cc(Cl)cc(Cl)c21. The highest BCUT2D eigenvalue weighted by Gasteiger charge is 2.21. The summed E-state index contributed by atoms with van der Waals surface area (Å²) < 4.78 is 5.41. The first-order valence-corrected chi connectivity index (χ1v) is 4.81. The highest BCUT2D eigenvalue weighted by molar-refractivity contribution is 6.35. The minimum absolute atomic E-state index is 0.0338. The Morgan fingerprint density at radius 2 is 2.15 bits per heavy atom. The Bertz CT molecular complexity index is 341. The molecule has 1 aromatic carbocycles. The van der Waals surface area contributed by atoms with Gasteiger partial charge in [0.1, 0.15) is 5.75 Å². The van der Waals surface area contributed by atoms with Gasteiger partial charge in [0, 0.05) is 23.0 Å². The first-order chi connectivity index (χ1) is 6.18. The molecule has 1 aliphatic rings. The number of hydrogen-bond acceptors (Lipinski definition) is 2. The van der Waals surface area contributed by atoms with Gasteiger partial charge in [0.15, 0.2) is 0 Å². The van der Waals surface area contributed by atoms with Crippen LogP contribution in [0.25, 0.3) is 0 Å². The van der Waals surface area contributed by atoms with Gasteiger partial charge in [0.2, 0.25) is 0 Å². The lowest BCUT2D eigenvalue weighted by Gasteiger charge is -2.24. The lowest BCUT2D eigenvalue weighted by molar-refractivity contribution is 0.269. The summed E-state index contributed by atoms with van der Waals surface area (Å²) in [7, 11) is 0. The van der Waals surface area contributed by atoms with Crippen LogP contribution in [0.4, 0.5) is 0 Å². The smallest absolute Gasteiger partial charge is 0.127 e. The van der Waals surface area contributed by atoms with Gasteiger partial charge in [-0.15, -0.1) is 0 Å². The summed E-state index contributed by atoms with van der Waals surface area (Å²) in [5, 5.41) is 1.17. The Labute approximate surface area is 86.6 Å². The van der Waals surface area contributed by atoms with E-state index >= 15 is 0 Å². The van der Waals surface area contributed by atoms with Gasteiger partial charge in [-0.3, -0.25) is 0 Å². The van der Waals surface area contributed by atoms with Crippen LogP contribution in [-0.4, -0.2) is 6.61 Å². The fourth-order valence-corrected chi connectivity index (χ4v) is 2.10. The summed E-state index contributed by atoms with van der Waals surface area (Å²) in [6, 6.07) is 3.41. The van der Waals surface area contributed by atoms with Crippen LogP contribution in [0, 0.1) is 0 Å². The van der Waals surface area contributed by atoms with Crippen LogP contribution >= 0.6 is 23.2 Å². The van der Waals surface area contributed by atoms with Crippen LogP contribution in [0.2, 0.25) is 10.0 Å². The second-order valence-electron chi connectivity index (χ2n) is 3.04. The van der Waals surface area contributed by atoms with E-state index in [1.165, 1.54) is 0 Å². The van der Waals surface area contributed by atoms with Gasteiger partial charge < -0.3 is 10.5 Å². The van der Waals surface area contributed by atoms with E-state index in [0.717, 1.165) is 17.7 Å². The Hall–Kier alpha value is -0.440. The molecule has 0 radical (unpaired) electrons. The van der Waals surface area contributed by atoms with Crippen molar-refractivity contribution in [2.24, 2.45) is 5.73 Å². The third kappa shape index (κ3) is 1.62. The second kappa shape index (κ2) is 3.37. The molecular weight excluding hydrogens is 209 g/mol. The Morgan fingerprint density at radius 3 is 2.92 bits per heavy atom. The van der Waals surface area contributed by atoms with E-state index < -0.39 is 0 Å². The summed E-state index contributed by atoms with van der Waals surface area (Å²) in [6.45, 7) is 0.630. The molecule has 0 unspecified atom stereocenters. The van der Waals surface area contributed by atoms with E-state index in [-0.39, 0.29) is 6.04 Å². The molecule has 0 aliphatic carbocycles. The van der Waals surface area contributed by atoms with E-state index in [2.05, 4.69) is 0 Å². The van der Waals surface area contributed by atoms with Crippen molar-refractivity contribution in [3.63, 3.8) is 0 Å². The van der Waals surface area contributed by atoms with Crippen molar-refractivity contribution in [2.45, 2.75) is 12.5 Å². The lowest BCUT2D eigenvalue weighted by atomic mass is 10.0. The van der Waals surface area contributed by atoms with Crippen LogP contribution in [0.1, 0.15) is 18.0 Å². The van der Waals surface area contributed by atoms with Crippen LogP contribution in [-0.2, 0) is 0 Å². The zero-order chi connectivity index (χ0) is 9.42. The molecule has 0 fully saturated rings. The van der Waals surface area contributed by atoms with Crippen molar-refractivity contribution in [1.82, 2.24) is 0 Å². The monoisotopic (exact) mass is 217 g/mol. The summed E-state index contributed by atoms with van der Waals surface area (Å²) in [5.74, 6) is 0.719. The minimum Gasteiger partial charge on any atom is -0.493 e. The van der Waals surface area contributed by atoms with Crippen molar-refractivity contribution in [3.05, 3.63) is 27.7 Å². The number of rotatable bonds is 0. The van der Waals surface area contributed by atoms with Gasteiger partial charge in [-0.05, 0) is 12.1 Å². The van der Waals surface area contributed by atoms with E-state index in [1.807, 2.05) is 0 Å². The highest BCUT2D eigenvalue weighted by Crippen LogP contribution is 2.38. The molecule has 1 aliphatic heterocycles. The lowest BCUT2D eigenvalue weighted by Crippen LogP contribution is -2.20. The Kier molecular flexibility index (Phi) is 2.37. The third-order valence-electron chi connectivity index (χ3n) is 2.11. The number of fused-ring (bicyclic) bond motifs is 1. The standard InChI is InChI=1S/C9H9Cl2NO/c10-5-3-6(11)9-7(12)1-2-13-8(9)4-5/h3-4,7H,1-2,12H2/t7-/m0/s1. The summed E-state index contributed by atoms with van der Waals surface area (Å²) >= 11 is 11.8. The van der Waals surface area contributed by atoms with E-state index in [4.69, 9.17) is 33.7 Å². The first-order valence-electron chi connectivity index (χ1n) is 4.06. The Morgan fingerprint density at radius 1 is 1.38 bits per heavy atom. The van der Waals surface area contributed by atoms with Crippen molar-refractivity contribution in [3.8, 4) is 5.75 Å². The minimum atomic E-state index is -0.0338. The van der Waals surface area contributed by atoms with Gasteiger partial charge in [0.25, 0.3) is 0 Å². The summed E-state index contributed by atoms with van der Waals surface area (Å²) in [6.07, 6.45) is 0.800. The molecule has 1 aromatic rings. The van der Waals surface area contributed by atoms with E-state index in [9.17, 15) is 0 Å². The molecule has 2 nitrogen and oxygen atoms in total. The molecule has 2 N–H and O–H groups in total. The van der Waals surface area contributed by atoms with Crippen LogP contribution in [0.5, 0.6) is 5.75 Å². The molecule has 0 spiro atoms. The maximum Gasteiger partial charge on any atom is 0.127 e. The molecule has 0 saturated heterocycles. The largest absolute Gasteiger partial charge is 0.493 e. The molecule has 1 heterocycles. The van der Waals surface area contributed by atoms with E-state index in [1.54, 1.807) is 12.1 Å². The van der Waals surface area contributed by atoms with Crippen LogP contribution < -0.4 is 10.5 Å². The van der Waals surface area contributed by atoms with Gasteiger partial charge in [0.05, 0.1) is 11.6 Å². The van der Waals surface area contributed by atoms with Gasteiger partial charge in [-0.2, -0.15) is 0 Å². The maximum absolute atomic E-state index is 6.00. The molecule has 13 heavy (non-hydrogen) atoms. The van der Waals surface area contributed by atoms with Crippen molar-refractivity contribution < 1.29 is 4.74 Å². The van der Waals surface area contributed by atoms with Crippen molar-refractivity contribution >= 4 is 23.2 Å². The average Bonchev–Trinajstić information content (AvgIpc) is 2.02. The first kappa shape index (κ1) is 9.13. The van der Waals surface area contributed by atoms with E-state index in [0.29, 0.717) is 16.7 Å². The summed E-state index contributed by atoms with van der Waals surface area (Å²) in [5.41, 5.74) is 6.76. The number of halogens is 2. The molecule has 4 heteroatoms. The zero-order valence-electron chi connectivity index (χ0n) is 6.89. The van der Waals surface area contributed by atoms with Gasteiger partial charge >= 0.3 is 0 Å². The fourth-order valence-electron chi connectivity index (χ4n) is 1.48. The van der Waals surface area contributed by atoms with Crippen molar-refractivity contribution in [2.75, 3.05) is 6.61 Å². The third-order valence-corrected chi connectivity index (χ3v) is 2.64. The fraction of sp³-hybridized carbons (Fsp3) is 0.333.